The van der Waals surface area contributed by atoms with Crippen LogP contribution in [0.5, 0.6) is 0 Å². The predicted molar refractivity (Wildman–Crippen MR) is 113 cm³/mol. The first-order valence-electron chi connectivity index (χ1n) is 9.37. The molecule has 1 aromatic carbocycles. The first kappa shape index (κ1) is 19.1. The van der Waals surface area contributed by atoms with Gasteiger partial charge in [-0.25, -0.2) is 14.4 Å². The Bertz CT molecular complexity index is 1360. The number of benzene rings is 1. The lowest BCUT2D eigenvalue weighted by Crippen LogP contribution is -2.29. The Morgan fingerprint density at radius 1 is 1.16 bits per heavy atom. The fourth-order valence-electron chi connectivity index (χ4n) is 3.85. The Morgan fingerprint density at radius 2 is 1.94 bits per heavy atom. The van der Waals surface area contributed by atoms with Crippen LogP contribution in [0.2, 0.25) is 0 Å². The van der Waals surface area contributed by atoms with E-state index in [2.05, 4.69) is 9.97 Å². The summed E-state index contributed by atoms with van der Waals surface area (Å²) in [4.78, 5) is 35.9. The number of carbonyl (C=O) groups excluding carboxylic acids is 2. The van der Waals surface area contributed by atoms with Crippen molar-refractivity contribution >= 4 is 39.6 Å². The molecule has 31 heavy (non-hydrogen) atoms. The number of amides is 1. The number of anilines is 1. The lowest BCUT2D eigenvalue weighted by atomic mass is 9.96. The van der Waals surface area contributed by atoms with Crippen LogP contribution < -0.4 is 4.90 Å². The summed E-state index contributed by atoms with van der Waals surface area (Å²) in [6.45, 7) is 1.71. The number of imidazole rings is 1. The first-order valence-corrected chi connectivity index (χ1v) is 10.3. The molecule has 7 nitrogen and oxygen atoms in total. The molecule has 1 fully saturated rings. The lowest BCUT2D eigenvalue weighted by molar-refractivity contribution is -0.132. The average Bonchev–Trinajstić information content (AvgIpc) is 3.45. The number of aryl methyl sites for hydroxylation is 1. The van der Waals surface area contributed by atoms with Gasteiger partial charge in [0.05, 0.1) is 17.3 Å². The minimum absolute atomic E-state index is 0.0967. The number of Topliss-reactive ketones (excluding diaryl/α,β-unsaturated/α-hetero) is 1. The highest BCUT2D eigenvalue weighted by atomic mass is 32.1. The van der Waals surface area contributed by atoms with E-state index in [1.54, 1.807) is 35.0 Å². The van der Waals surface area contributed by atoms with Crippen molar-refractivity contribution in [1.29, 1.82) is 0 Å². The Kier molecular flexibility index (Phi) is 4.40. The van der Waals surface area contributed by atoms with E-state index >= 15 is 0 Å². The van der Waals surface area contributed by atoms with E-state index in [1.165, 1.54) is 46.7 Å². The summed E-state index contributed by atoms with van der Waals surface area (Å²) in [5, 5.41) is 13.3. The fourth-order valence-corrected chi connectivity index (χ4v) is 4.52. The van der Waals surface area contributed by atoms with Crippen molar-refractivity contribution < 1.29 is 19.1 Å². The molecule has 5 rings (SSSR count). The number of hydrogen-bond donors (Lipinski definition) is 1. The highest BCUT2D eigenvalue weighted by Crippen LogP contribution is 2.43. The van der Waals surface area contributed by atoms with Crippen LogP contribution >= 0.6 is 11.3 Å². The third-order valence-electron chi connectivity index (χ3n) is 5.18. The smallest absolute Gasteiger partial charge is 0.301 e. The number of aliphatic hydroxyl groups is 1. The van der Waals surface area contributed by atoms with E-state index in [1.807, 2.05) is 6.07 Å². The van der Waals surface area contributed by atoms with Crippen molar-refractivity contribution in [3.63, 3.8) is 0 Å². The van der Waals surface area contributed by atoms with E-state index in [4.69, 9.17) is 0 Å². The number of carbonyl (C=O) groups is 2. The number of ketones is 1. The summed E-state index contributed by atoms with van der Waals surface area (Å²) >= 11 is 1.19. The predicted octanol–water partition coefficient (Wildman–Crippen LogP) is 3.86. The largest absolute Gasteiger partial charge is 0.505 e. The van der Waals surface area contributed by atoms with Crippen LogP contribution in [0.15, 0.2) is 65.8 Å². The zero-order chi connectivity index (χ0) is 21.7. The highest BCUT2D eigenvalue weighted by molar-refractivity contribution is 7.14. The van der Waals surface area contributed by atoms with Gasteiger partial charge in [0.15, 0.2) is 10.9 Å². The molecule has 3 aromatic heterocycles. The number of aromatic nitrogens is 3. The zero-order valence-electron chi connectivity index (χ0n) is 16.2. The van der Waals surface area contributed by atoms with Crippen molar-refractivity contribution in [3.05, 3.63) is 88.6 Å². The van der Waals surface area contributed by atoms with Gasteiger partial charge in [-0.15, -0.1) is 11.3 Å². The van der Waals surface area contributed by atoms with Gasteiger partial charge in [-0.2, -0.15) is 0 Å². The summed E-state index contributed by atoms with van der Waals surface area (Å²) in [7, 11) is 0. The number of nitrogens with zero attached hydrogens (tertiary/aromatic N) is 4. The molecule has 1 unspecified atom stereocenters. The van der Waals surface area contributed by atoms with Crippen LogP contribution in [0.4, 0.5) is 9.52 Å². The van der Waals surface area contributed by atoms with Gasteiger partial charge >= 0.3 is 5.91 Å². The summed E-state index contributed by atoms with van der Waals surface area (Å²) in [6.07, 6.45) is 3.24. The third kappa shape index (κ3) is 2.93. The maximum absolute atomic E-state index is 13.6. The topological polar surface area (TPSA) is 87.8 Å². The number of hydrogen-bond acceptors (Lipinski definition) is 6. The maximum Gasteiger partial charge on any atom is 0.301 e. The van der Waals surface area contributed by atoms with Gasteiger partial charge in [0.25, 0.3) is 5.78 Å². The molecule has 154 valence electrons. The fraction of sp³-hybridized carbons (Fsp3) is 0.0909. The maximum atomic E-state index is 13.6. The number of aliphatic hydroxyl groups excluding tert-OH is 1. The molecule has 9 heteroatoms. The molecule has 0 bridgehead atoms. The van der Waals surface area contributed by atoms with E-state index < -0.39 is 23.5 Å². The van der Waals surface area contributed by atoms with Gasteiger partial charge in [0, 0.05) is 17.8 Å². The number of thiazole rings is 1. The van der Waals surface area contributed by atoms with Crippen molar-refractivity contribution in [2.75, 3.05) is 4.90 Å². The van der Waals surface area contributed by atoms with Gasteiger partial charge in [-0.3, -0.25) is 18.9 Å². The molecular weight excluding hydrogens is 419 g/mol. The molecule has 1 aliphatic heterocycles. The zero-order valence-corrected chi connectivity index (χ0v) is 17.0. The highest BCUT2D eigenvalue weighted by Gasteiger charge is 2.48. The average molecular weight is 434 g/mol. The second-order valence-corrected chi connectivity index (χ2v) is 7.88. The normalized spacial score (nSPS) is 18.3. The van der Waals surface area contributed by atoms with Crippen LogP contribution in [-0.4, -0.2) is 31.2 Å². The Labute approximate surface area is 179 Å². The number of pyridine rings is 1. The van der Waals surface area contributed by atoms with Gasteiger partial charge in [0.2, 0.25) is 0 Å². The Morgan fingerprint density at radius 3 is 2.65 bits per heavy atom. The molecular formula is C22H15FN4O3S. The monoisotopic (exact) mass is 434 g/mol. The van der Waals surface area contributed by atoms with E-state index in [-0.39, 0.29) is 11.3 Å². The third-order valence-corrected chi connectivity index (χ3v) is 5.95. The van der Waals surface area contributed by atoms with Crippen molar-refractivity contribution in [2.45, 2.75) is 13.0 Å². The van der Waals surface area contributed by atoms with E-state index in [0.717, 1.165) is 0 Å². The quantitative estimate of drug-likeness (QED) is 0.301. The van der Waals surface area contributed by atoms with E-state index in [0.29, 0.717) is 27.7 Å². The van der Waals surface area contributed by atoms with Crippen LogP contribution in [0.1, 0.15) is 23.0 Å². The molecule has 1 amide bonds. The Balaban J connectivity index is 1.79. The molecule has 1 aliphatic rings. The minimum Gasteiger partial charge on any atom is -0.505 e. The molecule has 4 aromatic rings. The van der Waals surface area contributed by atoms with Gasteiger partial charge in [-0.1, -0.05) is 18.2 Å². The summed E-state index contributed by atoms with van der Waals surface area (Å²) in [5.41, 5.74) is 1.79. The molecule has 0 radical (unpaired) electrons. The van der Waals surface area contributed by atoms with Crippen molar-refractivity contribution in [3.8, 4) is 0 Å². The number of fused-ring (bicyclic) bond motifs is 1. The van der Waals surface area contributed by atoms with Gasteiger partial charge < -0.3 is 5.11 Å². The van der Waals surface area contributed by atoms with Crippen molar-refractivity contribution in [1.82, 2.24) is 14.4 Å². The van der Waals surface area contributed by atoms with E-state index in [9.17, 15) is 19.1 Å². The SMILES string of the molecule is Cc1nc2ccccn2c1/C(O)=C1\C(=O)C(=O)N(c2nccs2)C1c1ccc(F)cc1. The minimum atomic E-state index is -0.958. The summed E-state index contributed by atoms with van der Waals surface area (Å²) in [6, 6.07) is 9.87. The lowest BCUT2D eigenvalue weighted by Gasteiger charge is -2.22. The number of halogens is 1. The van der Waals surface area contributed by atoms with Gasteiger partial charge in [-0.05, 0) is 36.8 Å². The second-order valence-electron chi connectivity index (χ2n) is 7.01. The molecule has 1 atom stereocenters. The Hall–Kier alpha value is -3.85. The summed E-state index contributed by atoms with van der Waals surface area (Å²) in [5.74, 6) is -2.44. The van der Waals surface area contributed by atoms with Crippen molar-refractivity contribution in [2.24, 2.45) is 0 Å². The second kappa shape index (κ2) is 7.13. The van der Waals surface area contributed by atoms with Crippen LogP contribution in [-0.2, 0) is 9.59 Å². The molecule has 4 heterocycles. The van der Waals surface area contributed by atoms with Crippen LogP contribution in [0.3, 0.4) is 0 Å². The van der Waals surface area contributed by atoms with Crippen LogP contribution in [0.25, 0.3) is 11.4 Å². The molecule has 0 aliphatic carbocycles. The molecule has 0 saturated carbocycles. The summed E-state index contributed by atoms with van der Waals surface area (Å²) < 4.78 is 15.2. The van der Waals surface area contributed by atoms with Gasteiger partial charge in [0.1, 0.15) is 17.2 Å². The molecule has 1 saturated heterocycles. The molecule has 0 spiro atoms. The van der Waals surface area contributed by atoms with Crippen LogP contribution in [0, 0.1) is 12.7 Å². The number of rotatable bonds is 3. The first-order chi connectivity index (χ1) is 15.0. The molecule has 1 N–H and O–H groups in total. The standard InChI is InChI=1S/C22H15FN4O3S/c1-12-17(26-10-3-2-4-15(26)25-12)19(28)16-18(13-5-7-14(23)8-6-13)27(21(30)20(16)29)22-24-9-11-31-22/h2-11,18,28H,1H3/b19-16+.